The van der Waals surface area contributed by atoms with Crippen LogP contribution in [0.1, 0.15) is 22.3 Å². The first-order valence-electron chi connectivity index (χ1n) is 8.81. The van der Waals surface area contributed by atoms with Gasteiger partial charge in [-0.2, -0.15) is 10.2 Å². The lowest BCUT2D eigenvalue weighted by Gasteiger charge is -2.14. The molecule has 138 valence electrons. The highest BCUT2D eigenvalue weighted by molar-refractivity contribution is 7.16. The largest absolute Gasteiger partial charge is 0.438 e. The zero-order chi connectivity index (χ0) is 19.7. The summed E-state index contributed by atoms with van der Waals surface area (Å²) in [6, 6.07) is 15.4. The van der Waals surface area contributed by atoms with Crippen LogP contribution in [0.5, 0.6) is 11.6 Å². The number of nitrogens with zero attached hydrogens (tertiary/aromatic N) is 3. The maximum atomic E-state index is 8.94. The topological polar surface area (TPSA) is 70.8 Å². The van der Waals surface area contributed by atoms with E-state index in [1.165, 1.54) is 16.9 Å². The maximum absolute atomic E-state index is 8.94. The molecule has 28 heavy (non-hydrogen) atoms. The molecule has 0 spiro atoms. The molecule has 0 fully saturated rings. The summed E-state index contributed by atoms with van der Waals surface area (Å²) in [5.41, 5.74) is 4.76. The van der Waals surface area contributed by atoms with E-state index in [1.54, 1.807) is 12.1 Å². The van der Waals surface area contributed by atoms with Crippen LogP contribution >= 0.6 is 11.3 Å². The van der Waals surface area contributed by atoms with Gasteiger partial charge in [-0.25, -0.2) is 4.98 Å². The summed E-state index contributed by atoms with van der Waals surface area (Å²) in [6.45, 7) is 6.15. The first-order chi connectivity index (χ1) is 13.5. The summed E-state index contributed by atoms with van der Waals surface area (Å²) in [5.74, 6) is 1.80. The normalized spacial score (nSPS) is 10.6. The van der Waals surface area contributed by atoms with Gasteiger partial charge in [0, 0.05) is 5.69 Å². The molecule has 0 atom stereocenters. The lowest BCUT2D eigenvalue weighted by atomic mass is 10.1. The third kappa shape index (κ3) is 3.53. The number of ether oxygens (including phenoxy) is 1. The Morgan fingerprint density at radius 2 is 1.71 bits per heavy atom. The number of benzene rings is 2. The molecule has 2 aromatic heterocycles. The standard InChI is InChI=1S/C22H18N4OS/c1-13-10-14(2)19(15(3)11-13)27-20-18-8-9-28-21(18)26-22(25-20)24-17-6-4-16(12-23)5-7-17/h4-11H,1-3H3,(H,24,25,26). The molecule has 0 aliphatic heterocycles. The van der Waals surface area contributed by atoms with E-state index in [0.29, 0.717) is 17.4 Å². The molecule has 0 amide bonds. The Labute approximate surface area is 167 Å². The van der Waals surface area contributed by atoms with E-state index in [0.717, 1.165) is 32.8 Å². The third-order valence-electron chi connectivity index (χ3n) is 4.36. The van der Waals surface area contributed by atoms with Crippen molar-refractivity contribution in [3.8, 4) is 17.7 Å². The van der Waals surface area contributed by atoms with Gasteiger partial charge in [-0.15, -0.1) is 11.3 Å². The van der Waals surface area contributed by atoms with E-state index in [9.17, 15) is 0 Å². The Bertz CT molecular complexity index is 1180. The van der Waals surface area contributed by atoms with Gasteiger partial charge in [-0.3, -0.25) is 0 Å². The van der Waals surface area contributed by atoms with Gasteiger partial charge in [0.05, 0.1) is 17.0 Å². The van der Waals surface area contributed by atoms with E-state index < -0.39 is 0 Å². The summed E-state index contributed by atoms with van der Waals surface area (Å²) in [5, 5.41) is 15.0. The molecule has 0 bridgehead atoms. The molecule has 0 unspecified atom stereocenters. The number of nitriles is 1. The molecule has 5 nitrogen and oxygen atoms in total. The first kappa shape index (κ1) is 18.0. The molecular formula is C22H18N4OS. The Morgan fingerprint density at radius 3 is 2.39 bits per heavy atom. The highest BCUT2D eigenvalue weighted by atomic mass is 32.1. The number of thiophene rings is 1. The molecule has 0 aliphatic rings. The van der Waals surface area contributed by atoms with Crippen LogP contribution < -0.4 is 10.1 Å². The molecule has 2 aromatic carbocycles. The predicted octanol–water partition coefficient (Wildman–Crippen LogP) is 6.02. The average Bonchev–Trinajstić information content (AvgIpc) is 3.14. The second-order valence-corrected chi connectivity index (χ2v) is 7.53. The van der Waals surface area contributed by atoms with E-state index in [2.05, 4.69) is 40.4 Å². The minimum atomic E-state index is 0.456. The second kappa shape index (κ2) is 7.29. The van der Waals surface area contributed by atoms with Crippen LogP contribution in [-0.4, -0.2) is 9.97 Å². The number of aryl methyl sites for hydroxylation is 3. The highest BCUT2D eigenvalue weighted by Gasteiger charge is 2.14. The Kier molecular flexibility index (Phi) is 4.68. The fourth-order valence-electron chi connectivity index (χ4n) is 3.14. The van der Waals surface area contributed by atoms with Gasteiger partial charge in [0.15, 0.2) is 0 Å². The molecule has 0 aliphatic carbocycles. The summed E-state index contributed by atoms with van der Waals surface area (Å²) < 4.78 is 6.25. The average molecular weight is 386 g/mol. The Balaban J connectivity index is 1.72. The predicted molar refractivity (Wildman–Crippen MR) is 113 cm³/mol. The minimum absolute atomic E-state index is 0.456. The number of hydrogen-bond donors (Lipinski definition) is 1. The van der Waals surface area contributed by atoms with Crippen molar-refractivity contribution in [2.24, 2.45) is 0 Å². The van der Waals surface area contributed by atoms with Crippen molar-refractivity contribution in [3.63, 3.8) is 0 Å². The number of fused-ring (bicyclic) bond motifs is 1. The van der Waals surface area contributed by atoms with Crippen molar-refractivity contribution in [2.75, 3.05) is 5.32 Å². The van der Waals surface area contributed by atoms with Gasteiger partial charge in [0.2, 0.25) is 11.8 Å². The highest BCUT2D eigenvalue weighted by Crippen LogP contribution is 2.35. The summed E-state index contributed by atoms with van der Waals surface area (Å²) in [7, 11) is 0. The number of rotatable bonds is 4. The van der Waals surface area contributed by atoms with Crippen LogP contribution in [0.4, 0.5) is 11.6 Å². The van der Waals surface area contributed by atoms with E-state index in [-0.39, 0.29) is 0 Å². The van der Waals surface area contributed by atoms with E-state index in [1.807, 2.05) is 37.4 Å². The van der Waals surface area contributed by atoms with Crippen molar-refractivity contribution in [1.82, 2.24) is 9.97 Å². The first-order valence-corrected chi connectivity index (χ1v) is 9.69. The lowest BCUT2D eigenvalue weighted by molar-refractivity contribution is 0.462. The van der Waals surface area contributed by atoms with Crippen molar-refractivity contribution < 1.29 is 4.74 Å². The zero-order valence-electron chi connectivity index (χ0n) is 15.8. The molecule has 1 N–H and O–H groups in total. The van der Waals surface area contributed by atoms with Gasteiger partial charge in [0.1, 0.15) is 10.6 Å². The molecule has 0 radical (unpaired) electrons. The number of anilines is 2. The minimum Gasteiger partial charge on any atom is -0.438 e. The lowest BCUT2D eigenvalue weighted by Crippen LogP contribution is -2.00. The van der Waals surface area contributed by atoms with Crippen LogP contribution in [0.25, 0.3) is 10.2 Å². The molecule has 6 heteroatoms. The van der Waals surface area contributed by atoms with Crippen LogP contribution in [-0.2, 0) is 0 Å². The Morgan fingerprint density at radius 1 is 1.00 bits per heavy atom. The summed E-state index contributed by atoms with van der Waals surface area (Å²) in [6.07, 6.45) is 0. The molecule has 4 aromatic rings. The quantitative estimate of drug-likeness (QED) is 0.464. The number of aromatic nitrogens is 2. The van der Waals surface area contributed by atoms with E-state index >= 15 is 0 Å². The van der Waals surface area contributed by atoms with Crippen LogP contribution in [0, 0.1) is 32.1 Å². The van der Waals surface area contributed by atoms with Crippen molar-refractivity contribution >= 4 is 33.2 Å². The summed E-state index contributed by atoms with van der Waals surface area (Å²) in [4.78, 5) is 10.0. The van der Waals surface area contributed by atoms with Crippen LogP contribution in [0.15, 0.2) is 47.8 Å². The van der Waals surface area contributed by atoms with E-state index in [4.69, 9.17) is 10.00 Å². The van der Waals surface area contributed by atoms with Gasteiger partial charge in [-0.05, 0) is 67.6 Å². The van der Waals surface area contributed by atoms with Gasteiger partial charge in [-0.1, -0.05) is 17.7 Å². The summed E-state index contributed by atoms with van der Waals surface area (Å²) >= 11 is 1.54. The molecule has 2 heterocycles. The van der Waals surface area contributed by atoms with Crippen LogP contribution in [0.2, 0.25) is 0 Å². The van der Waals surface area contributed by atoms with Crippen molar-refractivity contribution in [3.05, 3.63) is 70.1 Å². The van der Waals surface area contributed by atoms with Gasteiger partial charge >= 0.3 is 0 Å². The molecule has 0 saturated carbocycles. The molecule has 0 saturated heterocycles. The fraction of sp³-hybridized carbons (Fsp3) is 0.136. The van der Waals surface area contributed by atoms with Gasteiger partial charge < -0.3 is 10.1 Å². The Hall–Kier alpha value is -3.43. The number of hydrogen-bond acceptors (Lipinski definition) is 6. The third-order valence-corrected chi connectivity index (χ3v) is 5.17. The zero-order valence-corrected chi connectivity index (χ0v) is 16.6. The number of nitrogens with one attached hydrogen (secondary N) is 1. The van der Waals surface area contributed by atoms with Crippen molar-refractivity contribution in [1.29, 1.82) is 5.26 Å². The van der Waals surface area contributed by atoms with Crippen molar-refractivity contribution in [2.45, 2.75) is 20.8 Å². The molecule has 4 rings (SSSR count). The maximum Gasteiger partial charge on any atom is 0.232 e. The second-order valence-electron chi connectivity index (χ2n) is 6.64. The SMILES string of the molecule is Cc1cc(C)c(Oc2nc(Nc3ccc(C#N)cc3)nc3sccc23)c(C)c1. The fourth-order valence-corrected chi connectivity index (χ4v) is 3.90. The van der Waals surface area contributed by atoms with Crippen LogP contribution in [0.3, 0.4) is 0 Å². The van der Waals surface area contributed by atoms with Gasteiger partial charge in [0.25, 0.3) is 0 Å². The smallest absolute Gasteiger partial charge is 0.232 e. The monoisotopic (exact) mass is 386 g/mol. The molecular weight excluding hydrogens is 368 g/mol.